The molecule has 0 bridgehead atoms. The number of ether oxygens (including phenoxy) is 1. The van der Waals surface area contributed by atoms with E-state index >= 15 is 0 Å². The van der Waals surface area contributed by atoms with Crippen molar-refractivity contribution >= 4 is 38.6 Å². The molecule has 0 saturated carbocycles. The Balaban J connectivity index is 0.918. The van der Waals surface area contributed by atoms with E-state index in [2.05, 4.69) is 211 Å². The van der Waals surface area contributed by atoms with E-state index in [-0.39, 0.29) is 0 Å². The lowest BCUT2D eigenvalue weighted by molar-refractivity contribution is 0.478. The van der Waals surface area contributed by atoms with Gasteiger partial charge >= 0.3 is 0 Å². The highest BCUT2D eigenvalue weighted by atomic mass is 16.5. The molecule has 330 valence electrons. The summed E-state index contributed by atoms with van der Waals surface area (Å²) in [5.74, 6) is 3.45. The van der Waals surface area contributed by atoms with E-state index in [1.54, 1.807) is 0 Å². The fraction of sp³-hybridized carbons (Fsp3) is 0.0156. The van der Waals surface area contributed by atoms with Gasteiger partial charge in [0.15, 0.2) is 29.0 Å². The Hall–Kier alpha value is -9.59. The van der Waals surface area contributed by atoms with Crippen molar-refractivity contribution in [3.05, 3.63) is 253 Å². The van der Waals surface area contributed by atoms with Crippen LogP contribution in [0.1, 0.15) is 22.3 Å². The fourth-order valence-electron chi connectivity index (χ4n) is 11.6. The quantitative estimate of drug-likeness (QED) is 0.170. The number of rotatable bonds is 5. The average Bonchev–Trinajstić information content (AvgIpc) is 3.92. The molecule has 9 aromatic carbocycles. The number of hydrogen-bond donors (Lipinski definition) is 0. The van der Waals surface area contributed by atoms with E-state index in [9.17, 15) is 0 Å². The Morgan fingerprint density at radius 3 is 1.82 bits per heavy atom. The predicted molar refractivity (Wildman–Crippen MR) is 283 cm³/mol. The Bertz CT molecular complexity index is 4080. The summed E-state index contributed by atoms with van der Waals surface area (Å²) in [7, 11) is 0. The van der Waals surface area contributed by atoms with Crippen molar-refractivity contribution in [2.24, 2.45) is 0 Å². The highest BCUT2D eigenvalue weighted by Gasteiger charge is 2.54. The molecule has 7 nitrogen and oxygen atoms in total. The maximum absolute atomic E-state index is 7.08. The fourth-order valence-corrected chi connectivity index (χ4v) is 11.6. The van der Waals surface area contributed by atoms with Crippen LogP contribution >= 0.6 is 0 Å². The van der Waals surface area contributed by atoms with Gasteiger partial charge in [-0.2, -0.15) is 0 Å². The van der Waals surface area contributed by atoms with Crippen LogP contribution in [0.5, 0.6) is 11.5 Å². The molecule has 1 unspecified atom stereocenters. The highest BCUT2D eigenvalue weighted by Crippen LogP contribution is 2.66. The molecule has 0 amide bonds. The number of fused-ring (bicyclic) bond motifs is 15. The summed E-state index contributed by atoms with van der Waals surface area (Å²) in [6.07, 6.45) is 3.86. The summed E-state index contributed by atoms with van der Waals surface area (Å²) in [6.45, 7) is 0. The van der Waals surface area contributed by atoms with E-state index in [0.717, 1.165) is 117 Å². The maximum atomic E-state index is 7.08. The van der Waals surface area contributed by atoms with Crippen LogP contribution in [0.3, 0.4) is 0 Å². The van der Waals surface area contributed by atoms with Crippen LogP contribution < -0.4 is 9.64 Å². The summed E-state index contributed by atoms with van der Waals surface area (Å²) in [4.78, 5) is 28.5. The zero-order valence-corrected chi connectivity index (χ0v) is 38.0. The number of aromatic nitrogens is 5. The van der Waals surface area contributed by atoms with Gasteiger partial charge in [-0.05, 0) is 97.9 Å². The molecule has 7 heteroatoms. The number of nitrogens with zero attached hydrogens (tertiary/aromatic N) is 6. The molecule has 71 heavy (non-hydrogen) atoms. The lowest BCUT2D eigenvalue weighted by Crippen LogP contribution is -2.26. The van der Waals surface area contributed by atoms with E-state index < -0.39 is 5.41 Å². The molecular formula is C64H38N6O. The molecule has 15 rings (SSSR count). The van der Waals surface area contributed by atoms with Crippen LogP contribution in [0.2, 0.25) is 0 Å². The minimum atomic E-state index is -0.729. The highest BCUT2D eigenvalue weighted by molar-refractivity contribution is 6.01. The topological polar surface area (TPSA) is 76.9 Å². The van der Waals surface area contributed by atoms with Gasteiger partial charge in [0.05, 0.1) is 28.2 Å². The molecule has 2 aliphatic carbocycles. The molecule has 1 spiro atoms. The Morgan fingerprint density at radius 2 is 1.01 bits per heavy atom. The maximum Gasteiger partial charge on any atom is 0.164 e. The molecule has 0 N–H and O–H groups in total. The van der Waals surface area contributed by atoms with Crippen LogP contribution in [0.15, 0.2) is 231 Å². The summed E-state index contributed by atoms with van der Waals surface area (Å²) < 4.78 is 7.08. The number of hydrogen-bond acceptors (Lipinski definition) is 7. The largest absolute Gasteiger partial charge is 0.452 e. The zero-order valence-electron chi connectivity index (χ0n) is 38.0. The SMILES string of the molecule is c1ccc(N2c3ccccc3Oc3c2ccc2c3-c3ccccc3C23c2cccnc2-c2ncc(-c4cccc(-c5nc(-c6cccc7ccccc67)nc(-c6cccc7ccccc67)n5)c4)cc23)cc1. The van der Waals surface area contributed by atoms with Gasteiger partial charge in [-0.3, -0.25) is 9.97 Å². The van der Waals surface area contributed by atoms with Crippen LogP contribution in [0.4, 0.5) is 17.1 Å². The van der Waals surface area contributed by atoms with Crippen molar-refractivity contribution < 1.29 is 4.74 Å². The number of para-hydroxylation sites is 3. The number of benzene rings is 9. The van der Waals surface area contributed by atoms with Crippen molar-refractivity contribution in [3.63, 3.8) is 0 Å². The average molecular weight is 907 g/mol. The molecule has 1 aliphatic heterocycles. The minimum Gasteiger partial charge on any atom is -0.452 e. The third kappa shape index (κ3) is 5.74. The lowest BCUT2D eigenvalue weighted by Gasteiger charge is -2.35. The molecular weight excluding hydrogens is 869 g/mol. The summed E-state index contributed by atoms with van der Waals surface area (Å²) in [5.41, 5.74) is 15.5. The van der Waals surface area contributed by atoms with Gasteiger partial charge in [-0.25, -0.2) is 15.0 Å². The number of anilines is 3. The first-order chi connectivity index (χ1) is 35.2. The van der Waals surface area contributed by atoms with E-state index in [1.165, 1.54) is 5.56 Å². The zero-order chi connectivity index (χ0) is 46.6. The molecule has 12 aromatic rings. The first-order valence-corrected chi connectivity index (χ1v) is 23.9. The standard InChI is InChI=1S/C64H38N6O/c1-2-22-44(23-3-1)70-54-31-10-11-32-56(54)71-60-55(70)34-33-51-57(60)49-26-8-9-29-50(49)64(51)52-30-15-35-65-58(52)59-53(64)37-43(38-66-59)41-20-12-21-42(36-41)61-67-62(47-27-13-18-39-16-4-6-24-45(39)47)69-63(68-61)48-28-14-19-40-17-5-7-25-46(40)48/h1-38H. The Kier molecular flexibility index (Phi) is 8.44. The van der Waals surface area contributed by atoms with Gasteiger partial charge in [-0.1, -0.05) is 170 Å². The van der Waals surface area contributed by atoms with Crippen molar-refractivity contribution in [2.45, 2.75) is 5.41 Å². The van der Waals surface area contributed by atoms with Gasteiger partial charge in [0.2, 0.25) is 0 Å². The van der Waals surface area contributed by atoms with E-state index in [0.29, 0.717) is 17.5 Å². The Labute approximate surface area is 409 Å². The first-order valence-electron chi connectivity index (χ1n) is 23.9. The van der Waals surface area contributed by atoms with Crippen LogP contribution in [0, 0.1) is 0 Å². The molecule has 4 heterocycles. The van der Waals surface area contributed by atoms with Crippen LogP contribution in [-0.4, -0.2) is 24.9 Å². The first kappa shape index (κ1) is 39.4. The minimum absolute atomic E-state index is 0.587. The van der Waals surface area contributed by atoms with Gasteiger partial charge in [0, 0.05) is 51.5 Å². The van der Waals surface area contributed by atoms with Gasteiger partial charge in [0.25, 0.3) is 0 Å². The monoisotopic (exact) mass is 906 g/mol. The smallest absolute Gasteiger partial charge is 0.164 e. The predicted octanol–water partition coefficient (Wildman–Crippen LogP) is 15.6. The lowest BCUT2D eigenvalue weighted by atomic mass is 9.70. The van der Waals surface area contributed by atoms with E-state index in [4.69, 9.17) is 29.7 Å². The van der Waals surface area contributed by atoms with Gasteiger partial charge in [-0.15, -0.1) is 0 Å². The summed E-state index contributed by atoms with van der Waals surface area (Å²) in [5, 5.41) is 4.41. The van der Waals surface area contributed by atoms with E-state index in [1.807, 2.05) is 24.5 Å². The molecule has 3 aliphatic rings. The second kappa shape index (κ2) is 15.2. The number of pyridine rings is 2. The third-order valence-corrected chi connectivity index (χ3v) is 14.6. The van der Waals surface area contributed by atoms with Crippen molar-refractivity contribution in [3.8, 4) is 79.3 Å². The normalized spacial score (nSPS) is 14.6. The molecule has 1 atom stereocenters. The van der Waals surface area contributed by atoms with Crippen LogP contribution in [-0.2, 0) is 5.41 Å². The van der Waals surface area contributed by atoms with Crippen molar-refractivity contribution in [1.82, 2.24) is 24.9 Å². The Morgan fingerprint density at radius 1 is 0.394 bits per heavy atom. The summed E-state index contributed by atoms with van der Waals surface area (Å²) >= 11 is 0. The molecule has 3 aromatic heterocycles. The second-order valence-electron chi connectivity index (χ2n) is 18.3. The van der Waals surface area contributed by atoms with Crippen molar-refractivity contribution in [1.29, 1.82) is 0 Å². The third-order valence-electron chi connectivity index (χ3n) is 14.6. The second-order valence-corrected chi connectivity index (χ2v) is 18.3. The van der Waals surface area contributed by atoms with Gasteiger partial charge in [0.1, 0.15) is 0 Å². The van der Waals surface area contributed by atoms with Crippen LogP contribution in [0.25, 0.3) is 89.4 Å². The molecule has 0 fully saturated rings. The molecule has 0 saturated heterocycles. The molecule has 0 radical (unpaired) electrons. The van der Waals surface area contributed by atoms with Crippen molar-refractivity contribution in [2.75, 3.05) is 4.90 Å². The summed E-state index contributed by atoms with van der Waals surface area (Å²) in [6, 6.07) is 76.6. The van der Waals surface area contributed by atoms with Gasteiger partial charge < -0.3 is 9.64 Å².